The van der Waals surface area contributed by atoms with Crippen LogP contribution in [0.4, 0.5) is 11.4 Å². The number of hydrogen-bond donors (Lipinski definition) is 1. The first-order chi connectivity index (χ1) is 13.3. The molecule has 0 aliphatic carbocycles. The summed E-state index contributed by atoms with van der Waals surface area (Å²) in [6, 6.07) is 6.85. The number of ketones is 1. The minimum atomic E-state index is -1.37. The topological polar surface area (TPSA) is 89.3 Å². The molecule has 1 unspecified atom stereocenters. The van der Waals surface area contributed by atoms with Gasteiger partial charge in [0.05, 0.1) is 19.2 Å². The number of amides is 1. The molecule has 0 aliphatic rings. The van der Waals surface area contributed by atoms with Gasteiger partial charge in [0.25, 0.3) is 5.91 Å². The SMILES string of the molecule is COc1cc(Cl)cc(OC)c1NC(=O)C(N=Nc1cccc(C)c1Cl)C(C)=O. The van der Waals surface area contributed by atoms with Crippen LogP contribution in [0, 0.1) is 6.92 Å². The summed E-state index contributed by atoms with van der Waals surface area (Å²) in [5.74, 6) is -0.631. The van der Waals surface area contributed by atoms with Crippen LogP contribution in [0.3, 0.4) is 0 Å². The van der Waals surface area contributed by atoms with Gasteiger partial charge in [-0.3, -0.25) is 9.59 Å². The Bertz CT molecular complexity index is 906. The van der Waals surface area contributed by atoms with Crippen molar-refractivity contribution in [3.05, 3.63) is 45.9 Å². The van der Waals surface area contributed by atoms with Crippen molar-refractivity contribution >= 4 is 46.3 Å². The van der Waals surface area contributed by atoms with Crippen LogP contribution >= 0.6 is 23.2 Å². The highest BCUT2D eigenvalue weighted by molar-refractivity contribution is 6.33. The van der Waals surface area contributed by atoms with Crippen LogP contribution in [0.15, 0.2) is 40.6 Å². The van der Waals surface area contributed by atoms with Crippen molar-refractivity contribution in [2.24, 2.45) is 10.2 Å². The smallest absolute Gasteiger partial charge is 0.259 e. The fraction of sp³-hybridized carbons (Fsp3) is 0.263. The van der Waals surface area contributed by atoms with E-state index >= 15 is 0 Å². The van der Waals surface area contributed by atoms with Crippen molar-refractivity contribution < 1.29 is 19.1 Å². The van der Waals surface area contributed by atoms with E-state index in [2.05, 4.69) is 15.5 Å². The normalized spacial score (nSPS) is 11.9. The molecule has 28 heavy (non-hydrogen) atoms. The number of hydrogen-bond acceptors (Lipinski definition) is 6. The Morgan fingerprint density at radius 1 is 1.11 bits per heavy atom. The zero-order chi connectivity index (χ0) is 20.8. The minimum Gasteiger partial charge on any atom is -0.494 e. The number of halogens is 2. The van der Waals surface area contributed by atoms with Gasteiger partial charge in [0.15, 0.2) is 5.78 Å². The van der Waals surface area contributed by atoms with E-state index in [4.69, 9.17) is 32.7 Å². The van der Waals surface area contributed by atoms with Crippen LogP contribution in [-0.2, 0) is 9.59 Å². The lowest BCUT2D eigenvalue weighted by Gasteiger charge is -2.16. The van der Waals surface area contributed by atoms with Gasteiger partial charge in [-0.1, -0.05) is 35.3 Å². The Balaban J connectivity index is 2.33. The summed E-state index contributed by atoms with van der Waals surface area (Å²) in [6.45, 7) is 3.06. The summed E-state index contributed by atoms with van der Waals surface area (Å²) in [5, 5.41) is 11.2. The Hall–Kier alpha value is -2.64. The van der Waals surface area contributed by atoms with Gasteiger partial charge in [-0.15, -0.1) is 0 Å². The van der Waals surface area contributed by atoms with Crippen molar-refractivity contribution in [3.63, 3.8) is 0 Å². The molecule has 1 amide bonds. The fourth-order valence-electron chi connectivity index (χ4n) is 2.34. The number of nitrogens with one attached hydrogen (secondary N) is 1. The van der Waals surface area contributed by atoms with E-state index in [0.29, 0.717) is 15.7 Å². The predicted octanol–water partition coefficient (Wildman–Crippen LogP) is 5.00. The predicted molar refractivity (Wildman–Crippen MR) is 108 cm³/mol. The number of Topliss-reactive ketones (excluding diaryl/α,β-unsaturated/α-hetero) is 1. The average Bonchev–Trinajstić information content (AvgIpc) is 2.65. The first-order valence-electron chi connectivity index (χ1n) is 8.17. The van der Waals surface area contributed by atoms with Gasteiger partial charge in [-0.25, -0.2) is 0 Å². The lowest BCUT2D eigenvalue weighted by atomic mass is 10.2. The molecule has 7 nitrogen and oxygen atoms in total. The summed E-state index contributed by atoms with van der Waals surface area (Å²) >= 11 is 12.2. The van der Waals surface area contributed by atoms with Crippen LogP contribution < -0.4 is 14.8 Å². The first kappa shape index (κ1) is 21.7. The number of carbonyl (C=O) groups excluding carboxylic acids is 2. The standard InChI is InChI=1S/C19H19Cl2N3O4/c1-10-6-5-7-13(16(10)21)23-24-17(11(2)25)19(26)22-18-14(27-3)8-12(20)9-15(18)28-4/h5-9,17H,1-4H3,(H,22,26). The van der Waals surface area contributed by atoms with Crippen molar-refractivity contribution in [2.75, 3.05) is 19.5 Å². The zero-order valence-corrected chi connectivity index (χ0v) is 17.3. The molecule has 0 saturated heterocycles. The molecule has 0 fully saturated rings. The summed E-state index contributed by atoms with van der Waals surface area (Å²) in [7, 11) is 2.84. The van der Waals surface area contributed by atoms with E-state index in [-0.39, 0.29) is 17.2 Å². The molecule has 9 heteroatoms. The van der Waals surface area contributed by atoms with Gasteiger partial charge in [0, 0.05) is 17.2 Å². The molecule has 0 aliphatic heterocycles. The fourth-order valence-corrected chi connectivity index (χ4v) is 2.70. The van der Waals surface area contributed by atoms with Gasteiger partial charge in [0.2, 0.25) is 6.04 Å². The van der Waals surface area contributed by atoms with Gasteiger partial charge < -0.3 is 14.8 Å². The van der Waals surface area contributed by atoms with Crippen molar-refractivity contribution in [2.45, 2.75) is 19.9 Å². The highest BCUT2D eigenvalue weighted by Crippen LogP contribution is 2.38. The summed E-state index contributed by atoms with van der Waals surface area (Å²) in [4.78, 5) is 24.7. The first-order valence-corrected chi connectivity index (χ1v) is 8.92. The number of ether oxygens (including phenoxy) is 2. The summed E-state index contributed by atoms with van der Waals surface area (Å²) in [5.41, 5.74) is 1.40. The second kappa shape index (κ2) is 9.52. The lowest BCUT2D eigenvalue weighted by molar-refractivity contribution is -0.126. The number of nitrogens with zero attached hydrogens (tertiary/aromatic N) is 2. The maximum absolute atomic E-state index is 12.7. The van der Waals surface area contributed by atoms with Crippen LogP contribution in [0.1, 0.15) is 12.5 Å². The van der Waals surface area contributed by atoms with Crippen molar-refractivity contribution in [3.8, 4) is 11.5 Å². The van der Waals surface area contributed by atoms with Gasteiger partial charge in [-0.05, 0) is 25.5 Å². The van der Waals surface area contributed by atoms with E-state index < -0.39 is 17.7 Å². The highest BCUT2D eigenvalue weighted by atomic mass is 35.5. The molecule has 0 heterocycles. The molecule has 0 aromatic heterocycles. The van der Waals surface area contributed by atoms with E-state index in [1.165, 1.54) is 33.3 Å². The Kier molecular flexibility index (Phi) is 7.37. The monoisotopic (exact) mass is 423 g/mol. The maximum Gasteiger partial charge on any atom is 0.259 e. The van der Waals surface area contributed by atoms with E-state index in [1.807, 2.05) is 13.0 Å². The second-order valence-electron chi connectivity index (χ2n) is 5.81. The molecule has 2 aromatic rings. The van der Waals surface area contributed by atoms with E-state index in [0.717, 1.165) is 5.56 Å². The molecule has 2 aromatic carbocycles. The quantitative estimate of drug-likeness (QED) is 0.501. The highest BCUT2D eigenvalue weighted by Gasteiger charge is 2.26. The maximum atomic E-state index is 12.7. The van der Waals surface area contributed by atoms with Crippen LogP contribution in [-0.4, -0.2) is 32.0 Å². The lowest BCUT2D eigenvalue weighted by Crippen LogP contribution is -2.32. The average molecular weight is 424 g/mol. The van der Waals surface area contributed by atoms with Gasteiger partial charge in [0.1, 0.15) is 22.9 Å². The third-order valence-electron chi connectivity index (χ3n) is 3.80. The molecule has 0 spiro atoms. The summed E-state index contributed by atoms with van der Waals surface area (Å²) in [6.07, 6.45) is 0. The molecule has 0 bridgehead atoms. The largest absolute Gasteiger partial charge is 0.494 e. The number of carbonyl (C=O) groups is 2. The molecule has 148 valence electrons. The number of aryl methyl sites for hydroxylation is 1. The third kappa shape index (κ3) is 4.99. The molecule has 0 saturated carbocycles. The number of benzene rings is 2. The van der Waals surface area contributed by atoms with Crippen LogP contribution in [0.2, 0.25) is 10.0 Å². The van der Waals surface area contributed by atoms with Gasteiger partial charge in [-0.2, -0.15) is 10.2 Å². The number of methoxy groups -OCH3 is 2. The zero-order valence-electron chi connectivity index (χ0n) is 15.7. The molecular weight excluding hydrogens is 405 g/mol. The van der Waals surface area contributed by atoms with Crippen molar-refractivity contribution in [1.29, 1.82) is 0 Å². The third-order valence-corrected chi connectivity index (χ3v) is 4.51. The van der Waals surface area contributed by atoms with E-state index in [9.17, 15) is 9.59 Å². The summed E-state index contributed by atoms with van der Waals surface area (Å²) < 4.78 is 10.5. The molecular formula is C19H19Cl2N3O4. The molecule has 2 rings (SSSR count). The minimum absolute atomic E-state index is 0.231. The second-order valence-corrected chi connectivity index (χ2v) is 6.63. The number of azo groups is 1. The number of anilines is 1. The van der Waals surface area contributed by atoms with Crippen molar-refractivity contribution in [1.82, 2.24) is 0 Å². The molecule has 1 N–H and O–H groups in total. The number of rotatable bonds is 7. The molecule has 0 radical (unpaired) electrons. The molecule has 1 atom stereocenters. The Morgan fingerprint density at radius 3 is 2.25 bits per heavy atom. The Labute approximate surface area is 172 Å². The Morgan fingerprint density at radius 2 is 1.71 bits per heavy atom. The van der Waals surface area contributed by atoms with Crippen LogP contribution in [0.25, 0.3) is 0 Å². The van der Waals surface area contributed by atoms with E-state index in [1.54, 1.807) is 12.1 Å². The van der Waals surface area contributed by atoms with Crippen LogP contribution in [0.5, 0.6) is 11.5 Å². The van der Waals surface area contributed by atoms with Gasteiger partial charge >= 0.3 is 0 Å².